The van der Waals surface area contributed by atoms with Gasteiger partial charge in [0.2, 0.25) is 0 Å². The molecule has 0 radical (unpaired) electrons. The molecule has 0 saturated heterocycles. The van der Waals surface area contributed by atoms with E-state index in [2.05, 4.69) is 191 Å². The monoisotopic (exact) mass is 586 g/mol. The largest absolute Gasteiger partial charge is 0.310 e. The highest BCUT2D eigenvalue weighted by Gasteiger charge is 2.20. The number of aromatic nitrogens is 1. The Bertz CT molecular complexity index is 2510. The number of benzene rings is 8. The number of para-hydroxylation sites is 2. The summed E-state index contributed by atoms with van der Waals surface area (Å²) < 4.78 is 2.47. The average molecular weight is 587 g/mol. The highest BCUT2D eigenvalue weighted by atomic mass is 15.1. The third kappa shape index (κ3) is 4.19. The third-order valence-corrected chi connectivity index (χ3v) is 9.17. The fraction of sp³-hybridized carbons (Fsp3) is 0. The molecule has 0 aliphatic heterocycles. The van der Waals surface area contributed by atoms with Crippen LogP contribution >= 0.6 is 0 Å². The summed E-state index contributed by atoms with van der Waals surface area (Å²) in [5.41, 5.74) is 9.43. The highest BCUT2D eigenvalue weighted by molar-refractivity contribution is 6.19. The van der Waals surface area contributed by atoms with Crippen LogP contribution < -0.4 is 4.90 Å². The Kier molecular flexibility index (Phi) is 6.17. The van der Waals surface area contributed by atoms with Gasteiger partial charge in [0.1, 0.15) is 0 Å². The molecule has 0 aliphatic carbocycles. The summed E-state index contributed by atoms with van der Waals surface area (Å²) in [6, 6.07) is 65.6. The minimum Gasteiger partial charge on any atom is -0.310 e. The molecule has 0 N–H and O–H groups in total. The van der Waals surface area contributed by atoms with E-state index >= 15 is 0 Å². The second-order valence-corrected chi connectivity index (χ2v) is 11.8. The van der Waals surface area contributed by atoms with Crippen molar-refractivity contribution in [3.05, 3.63) is 182 Å². The summed E-state index contributed by atoms with van der Waals surface area (Å²) >= 11 is 0. The zero-order valence-electron chi connectivity index (χ0n) is 25.2. The quantitative estimate of drug-likeness (QED) is 0.195. The van der Waals surface area contributed by atoms with Crippen LogP contribution in [0.5, 0.6) is 0 Å². The Labute approximate surface area is 268 Å². The van der Waals surface area contributed by atoms with E-state index in [4.69, 9.17) is 0 Å². The van der Waals surface area contributed by atoms with Crippen molar-refractivity contribution < 1.29 is 0 Å². The molecule has 0 amide bonds. The van der Waals surface area contributed by atoms with Gasteiger partial charge < -0.3 is 9.47 Å². The van der Waals surface area contributed by atoms with Gasteiger partial charge in [-0.25, -0.2) is 0 Å². The van der Waals surface area contributed by atoms with Gasteiger partial charge in [0.15, 0.2) is 0 Å². The van der Waals surface area contributed by atoms with Gasteiger partial charge in [0.25, 0.3) is 0 Å². The normalized spacial score (nSPS) is 11.5. The summed E-state index contributed by atoms with van der Waals surface area (Å²) in [6.45, 7) is 0. The molecule has 0 aliphatic rings. The van der Waals surface area contributed by atoms with Crippen molar-refractivity contribution in [1.29, 1.82) is 0 Å². The van der Waals surface area contributed by atoms with Crippen molar-refractivity contribution >= 4 is 60.4 Å². The zero-order valence-corrected chi connectivity index (χ0v) is 25.2. The van der Waals surface area contributed by atoms with Crippen LogP contribution in [0.2, 0.25) is 0 Å². The Morgan fingerprint density at radius 3 is 1.72 bits per heavy atom. The van der Waals surface area contributed by atoms with Crippen molar-refractivity contribution in [3.8, 4) is 16.8 Å². The van der Waals surface area contributed by atoms with Crippen LogP contribution in [0.4, 0.5) is 17.1 Å². The van der Waals surface area contributed by atoms with Gasteiger partial charge in [0, 0.05) is 38.3 Å². The van der Waals surface area contributed by atoms with Crippen LogP contribution in [0, 0.1) is 0 Å². The Hall–Kier alpha value is -6.12. The van der Waals surface area contributed by atoms with E-state index in [1.165, 1.54) is 60.2 Å². The van der Waals surface area contributed by atoms with Crippen molar-refractivity contribution in [2.24, 2.45) is 0 Å². The van der Waals surface area contributed by atoms with Gasteiger partial charge in [-0.15, -0.1) is 0 Å². The molecule has 0 spiro atoms. The van der Waals surface area contributed by atoms with Gasteiger partial charge >= 0.3 is 0 Å². The number of hydrogen-bond acceptors (Lipinski definition) is 1. The van der Waals surface area contributed by atoms with E-state index in [1.807, 2.05) is 0 Å². The Balaban J connectivity index is 1.30. The highest BCUT2D eigenvalue weighted by Crippen LogP contribution is 2.43. The molecule has 1 aromatic heterocycles. The predicted molar refractivity (Wildman–Crippen MR) is 196 cm³/mol. The van der Waals surface area contributed by atoms with Crippen LogP contribution in [0.1, 0.15) is 0 Å². The zero-order chi connectivity index (χ0) is 30.5. The third-order valence-electron chi connectivity index (χ3n) is 9.17. The summed E-state index contributed by atoms with van der Waals surface area (Å²) in [5, 5.41) is 7.44. The Morgan fingerprint density at radius 1 is 0.348 bits per heavy atom. The number of rotatable bonds is 5. The summed E-state index contributed by atoms with van der Waals surface area (Å²) in [5.74, 6) is 0. The minimum atomic E-state index is 1.12. The van der Waals surface area contributed by atoms with E-state index in [0.29, 0.717) is 0 Å². The topological polar surface area (TPSA) is 8.17 Å². The maximum absolute atomic E-state index is 2.47. The molecule has 2 heteroatoms. The van der Waals surface area contributed by atoms with Gasteiger partial charge in [-0.05, 0) is 59.0 Å². The van der Waals surface area contributed by atoms with Crippen molar-refractivity contribution in [2.45, 2.75) is 0 Å². The van der Waals surface area contributed by atoms with Gasteiger partial charge in [-0.1, -0.05) is 140 Å². The second kappa shape index (κ2) is 10.8. The predicted octanol–water partition coefficient (Wildman–Crippen LogP) is 12.2. The molecule has 0 atom stereocenters. The van der Waals surface area contributed by atoms with E-state index in [1.54, 1.807) is 0 Å². The van der Waals surface area contributed by atoms with Crippen LogP contribution in [-0.4, -0.2) is 4.57 Å². The smallest absolute Gasteiger partial charge is 0.0619 e. The summed E-state index contributed by atoms with van der Waals surface area (Å²) in [6.07, 6.45) is 0. The van der Waals surface area contributed by atoms with Crippen LogP contribution in [0.15, 0.2) is 182 Å². The van der Waals surface area contributed by atoms with Gasteiger partial charge in [-0.3, -0.25) is 0 Å². The maximum atomic E-state index is 2.47. The molecule has 9 rings (SSSR count). The van der Waals surface area contributed by atoms with Crippen molar-refractivity contribution in [3.63, 3.8) is 0 Å². The molecule has 0 unspecified atom stereocenters. The lowest BCUT2D eigenvalue weighted by Gasteiger charge is -2.28. The second-order valence-electron chi connectivity index (χ2n) is 11.8. The SMILES string of the molecule is c1ccc(-c2ccc(N(c3ccccc3)c3ccc(-n4c5ccccc5c5ccc6ccccc6c54)c4ccccc34)cc2)cc1. The lowest BCUT2D eigenvalue weighted by Crippen LogP contribution is -2.11. The molecule has 0 saturated carbocycles. The first kappa shape index (κ1) is 26.3. The molecule has 46 heavy (non-hydrogen) atoms. The first-order chi connectivity index (χ1) is 22.8. The van der Waals surface area contributed by atoms with E-state index in [0.717, 1.165) is 17.1 Å². The molecule has 8 aromatic carbocycles. The number of hydrogen-bond donors (Lipinski definition) is 0. The molecule has 216 valence electrons. The van der Waals surface area contributed by atoms with Crippen molar-refractivity contribution in [1.82, 2.24) is 4.57 Å². The minimum absolute atomic E-state index is 1.12. The fourth-order valence-corrected chi connectivity index (χ4v) is 7.08. The molecule has 2 nitrogen and oxygen atoms in total. The van der Waals surface area contributed by atoms with Crippen LogP contribution in [0.3, 0.4) is 0 Å². The summed E-state index contributed by atoms with van der Waals surface area (Å²) in [4.78, 5) is 2.38. The fourth-order valence-electron chi connectivity index (χ4n) is 7.08. The summed E-state index contributed by atoms with van der Waals surface area (Å²) in [7, 11) is 0. The van der Waals surface area contributed by atoms with Gasteiger partial charge in [0.05, 0.1) is 22.4 Å². The lowest BCUT2D eigenvalue weighted by atomic mass is 10.0. The van der Waals surface area contributed by atoms with E-state index in [-0.39, 0.29) is 0 Å². The first-order valence-corrected chi connectivity index (χ1v) is 15.8. The van der Waals surface area contributed by atoms with E-state index < -0.39 is 0 Å². The molecule has 9 aromatic rings. The number of nitrogens with zero attached hydrogens (tertiary/aromatic N) is 2. The molecular formula is C44H30N2. The average Bonchev–Trinajstić information content (AvgIpc) is 3.48. The van der Waals surface area contributed by atoms with Crippen molar-refractivity contribution in [2.75, 3.05) is 4.90 Å². The molecule has 0 fully saturated rings. The van der Waals surface area contributed by atoms with Crippen LogP contribution in [-0.2, 0) is 0 Å². The standard InChI is InChI=1S/C44H30N2/c1-3-13-31(14-4-1)32-23-26-35(27-24-32)45(34-16-5-2-6-17-34)42-29-30-43(38-20-10-9-19-37(38)42)46-41-22-12-11-21-39(41)40-28-25-33-15-7-8-18-36(33)44(40)46/h1-30H. The van der Waals surface area contributed by atoms with E-state index in [9.17, 15) is 0 Å². The first-order valence-electron chi connectivity index (χ1n) is 15.8. The number of fused-ring (bicyclic) bond motifs is 6. The van der Waals surface area contributed by atoms with Gasteiger partial charge in [-0.2, -0.15) is 0 Å². The molecule has 1 heterocycles. The molecular weight excluding hydrogens is 556 g/mol. The number of anilines is 3. The Morgan fingerprint density at radius 2 is 0.935 bits per heavy atom. The molecule has 0 bridgehead atoms. The maximum Gasteiger partial charge on any atom is 0.0619 e. The van der Waals surface area contributed by atoms with Crippen LogP contribution in [0.25, 0.3) is 60.2 Å². The lowest BCUT2D eigenvalue weighted by molar-refractivity contribution is 1.20.